The predicted molar refractivity (Wildman–Crippen MR) is 174 cm³/mol. The largest absolute Gasteiger partial charge is 0.317 e. The fourth-order valence-corrected chi connectivity index (χ4v) is 6.28. The smallest absolute Gasteiger partial charge is 0.276 e. The number of para-hydroxylation sites is 2. The van der Waals surface area contributed by atoms with Crippen molar-refractivity contribution in [3.8, 4) is 39.6 Å². The third-order valence-corrected chi connectivity index (χ3v) is 8.14. The average molecular weight is 581 g/mol. The summed E-state index contributed by atoms with van der Waals surface area (Å²) in [6.45, 7) is 1.85. The van der Waals surface area contributed by atoms with Crippen LogP contribution in [0.1, 0.15) is 5.56 Å². The van der Waals surface area contributed by atoms with Crippen molar-refractivity contribution in [3.63, 3.8) is 0 Å². The molecule has 0 aliphatic carbocycles. The maximum Gasteiger partial charge on any atom is 0.276 e. The van der Waals surface area contributed by atoms with Crippen molar-refractivity contribution in [2.45, 2.75) is 6.92 Å². The van der Waals surface area contributed by atoms with Gasteiger partial charge in [0.05, 0.1) is 22.3 Å². The van der Waals surface area contributed by atoms with Crippen molar-refractivity contribution in [1.29, 1.82) is 5.41 Å². The SMILES string of the molecule is Cc1c(-n2c(-c3ccccc3)c(-c3ccccc3)c3c(=N)n(-c4ccccc4)c(=S)[nH]c32)n(C)n(-c2ccccc2)c1=O. The fourth-order valence-electron chi connectivity index (χ4n) is 5.98. The molecule has 0 radical (unpaired) electrons. The van der Waals surface area contributed by atoms with E-state index in [1.165, 1.54) is 0 Å². The maximum atomic E-state index is 13.9. The molecule has 0 saturated heterocycles. The lowest BCUT2D eigenvalue weighted by atomic mass is 9.99. The molecule has 8 heteroatoms. The first kappa shape index (κ1) is 26.4. The average Bonchev–Trinajstić information content (AvgIpc) is 3.48. The molecule has 0 amide bonds. The van der Waals surface area contributed by atoms with Gasteiger partial charge in [0, 0.05) is 18.3 Å². The molecular formula is C35H28N6OS. The first-order valence-electron chi connectivity index (χ1n) is 14.0. The molecule has 0 fully saturated rings. The Morgan fingerprint density at radius 2 is 1.21 bits per heavy atom. The minimum Gasteiger partial charge on any atom is -0.317 e. The Morgan fingerprint density at radius 1 is 0.698 bits per heavy atom. The van der Waals surface area contributed by atoms with E-state index < -0.39 is 0 Å². The summed E-state index contributed by atoms with van der Waals surface area (Å²) in [6.07, 6.45) is 0. The number of H-pyrrole nitrogens is 1. The van der Waals surface area contributed by atoms with Crippen molar-refractivity contribution >= 4 is 23.3 Å². The summed E-state index contributed by atoms with van der Waals surface area (Å²) < 4.78 is 7.76. The molecule has 0 unspecified atom stereocenters. The van der Waals surface area contributed by atoms with Gasteiger partial charge in [0.2, 0.25) is 0 Å². The Balaban J connectivity index is 1.72. The van der Waals surface area contributed by atoms with Gasteiger partial charge < -0.3 is 4.98 Å². The van der Waals surface area contributed by atoms with E-state index in [1.807, 2.05) is 116 Å². The highest BCUT2D eigenvalue weighted by Crippen LogP contribution is 2.41. The number of rotatable bonds is 5. The Hall–Kier alpha value is -5.47. The zero-order chi connectivity index (χ0) is 29.7. The number of nitrogens with one attached hydrogen (secondary N) is 2. The molecular weight excluding hydrogens is 552 g/mol. The van der Waals surface area contributed by atoms with Gasteiger partial charge in [0.1, 0.15) is 17.0 Å². The lowest BCUT2D eigenvalue weighted by molar-refractivity contribution is 0.631. The van der Waals surface area contributed by atoms with Crippen LogP contribution in [0, 0.1) is 17.1 Å². The van der Waals surface area contributed by atoms with Crippen LogP contribution in [-0.4, -0.2) is 23.5 Å². The van der Waals surface area contributed by atoms with E-state index in [4.69, 9.17) is 12.2 Å². The van der Waals surface area contributed by atoms with Gasteiger partial charge in [-0.2, -0.15) is 0 Å². The second-order valence-corrected chi connectivity index (χ2v) is 10.8. The molecule has 43 heavy (non-hydrogen) atoms. The van der Waals surface area contributed by atoms with E-state index in [2.05, 4.69) is 33.8 Å². The third-order valence-electron chi connectivity index (χ3n) is 7.85. The molecule has 0 saturated carbocycles. The number of benzene rings is 4. The fraction of sp³-hybridized carbons (Fsp3) is 0.0571. The van der Waals surface area contributed by atoms with Gasteiger partial charge in [0.25, 0.3) is 5.56 Å². The van der Waals surface area contributed by atoms with E-state index in [0.29, 0.717) is 27.2 Å². The van der Waals surface area contributed by atoms with Gasteiger partial charge in [-0.1, -0.05) is 97.1 Å². The summed E-state index contributed by atoms with van der Waals surface area (Å²) in [6, 6.07) is 39.5. The van der Waals surface area contributed by atoms with Crippen molar-refractivity contribution in [3.05, 3.63) is 148 Å². The van der Waals surface area contributed by atoms with E-state index in [0.717, 1.165) is 33.8 Å². The third kappa shape index (κ3) is 4.14. The number of hydrogen-bond donors (Lipinski definition) is 2. The second-order valence-electron chi connectivity index (χ2n) is 10.4. The Labute approximate surface area is 252 Å². The molecule has 7 rings (SSSR count). The van der Waals surface area contributed by atoms with Gasteiger partial charge in [0.15, 0.2) is 4.77 Å². The molecule has 210 valence electrons. The first-order chi connectivity index (χ1) is 21.0. The Bertz CT molecular complexity index is 2290. The van der Waals surface area contributed by atoms with E-state index >= 15 is 0 Å². The summed E-state index contributed by atoms with van der Waals surface area (Å²) in [4.78, 5) is 17.4. The molecule has 7 nitrogen and oxygen atoms in total. The van der Waals surface area contributed by atoms with Gasteiger partial charge in [-0.25, -0.2) is 4.68 Å². The van der Waals surface area contributed by atoms with E-state index in [-0.39, 0.29) is 11.0 Å². The molecule has 0 aliphatic rings. The van der Waals surface area contributed by atoms with Crippen LogP contribution in [-0.2, 0) is 7.05 Å². The molecule has 0 atom stereocenters. The summed E-state index contributed by atoms with van der Waals surface area (Å²) >= 11 is 5.92. The zero-order valence-electron chi connectivity index (χ0n) is 23.7. The topological polar surface area (TPSA) is 76.4 Å². The summed E-state index contributed by atoms with van der Waals surface area (Å²) in [5, 5.41) is 10.3. The number of fused-ring (bicyclic) bond motifs is 1. The standard InChI is InChI=1S/C35H28N6OS/c1-23-33(38(2)41(34(23)42)27-21-13-6-14-22-27)40-30(25-17-9-4-10-18-25)28(24-15-7-3-8-16-24)29-31(36)39(35(43)37-32(29)40)26-19-11-5-12-20-26/h3-22,36H,1-2H3,(H,37,43). The molecule has 0 aliphatic heterocycles. The minimum atomic E-state index is -0.120. The quantitative estimate of drug-likeness (QED) is 0.213. The number of hydrogen-bond acceptors (Lipinski definition) is 3. The molecule has 2 N–H and O–H groups in total. The van der Waals surface area contributed by atoms with Gasteiger partial charge in [-0.05, 0) is 54.5 Å². The summed E-state index contributed by atoms with van der Waals surface area (Å²) in [5.41, 5.74) is 6.54. The highest BCUT2D eigenvalue weighted by atomic mass is 32.1. The van der Waals surface area contributed by atoms with Crippen LogP contribution in [0.4, 0.5) is 0 Å². The molecule has 0 spiro atoms. The lowest BCUT2D eigenvalue weighted by Gasteiger charge is -2.16. The predicted octanol–water partition coefficient (Wildman–Crippen LogP) is 7.09. The molecule has 4 aromatic carbocycles. The zero-order valence-corrected chi connectivity index (χ0v) is 24.5. The van der Waals surface area contributed by atoms with E-state index in [9.17, 15) is 10.2 Å². The van der Waals surface area contributed by atoms with E-state index in [1.54, 1.807) is 9.25 Å². The highest BCUT2D eigenvalue weighted by molar-refractivity contribution is 7.71. The van der Waals surface area contributed by atoms with Crippen LogP contribution in [0.2, 0.25) is 0 Å². The van der Waals surface area contributed by atoms with Gasteiger partial charge >= 0.3 is 0 Å². The molecule has 0 bridgehead atoms. The van der Waals surface area contributed by atoms with Gasteiger partial charge in [-0.15, -0.1) is 0 Å². The molecule has 3 heterocycles. The van der Waals surface area contributed by atoms with Gasteiger partial charge in [-0.3, -0.25) is 24.0 Å². The normalized spacial score (nSPS) is 11.3. The van der Waals surface area contributed by atoms with Crippen LogP contribution in [0.5, 0.6) is 0 Å². The number of aromatic amines is 1. The summed E-state index contributed by atoms with van der Waals surface area (Å²) in [7, 11) is 1.89. The maximum absolute atomic E-state index is 13.9. The van der Waals surface area contributed by atoms with Crippen LogP contribution in [0.3, 0.4) is 0 Å². The highest BCUT2D eigenvalue weighted by Gasteiger charge is 2.28. The van der Waals surface area contributed by atoms with Crippen molar-refractivity contribution in [2.24, 2.45) is 7.05 Å². The number of nitrogens with zero attached hydrogens (tertiary/aromatic N) is 4. The molecule has 3 aromatic heterocycles. The number of aromatic nitrogens is 5. The van der Waals surface area contributed by atoms with Crippen LogP contribution in [0.25, 0.3) is 50.6 Å². The monoisotopic (exact) mass is 580 g/mol. The van der Waals surface area contributed by atoms with Crippen molar-refractivity contribution in [1.82, 2.24) is 23.5 Å². The molecule has 7 aromatic rings. The van der Waals surface area contributed by atoms with Crippen LogP contribution >= 0.6 is 12.2 Å². The van der Waals surface area contributed by atoms with Crippen molar-refractivity contribution < 1.29 is 0 Å². The van der Waals surface area contributed by atoms with Crippen LogP contribution < -0.4 is 11.0 Å². The minimum absolute atomic E-state index is 0.120. The summed E-state index contributed by atoms with van der Waals surface area (Å²) in [5.74, 6) is 0.683. The lowest BCUT2D eigenvalue weighted by Crippen LogP contribution is -2.21. The second kappa shape index (κ2) is 10.4. The Kier molecular flexibility index (Phi) is 6.40. The first-order valence-corrected chi connectivity index (χ1v) is 14.4. The Morgan fingerprint density at radius 3 is 1.79 bits per heavy atom. The van der Waals surface area contributed by atoms with Crippen molar-refractivity contribution in [2.75, 3.05) is 0 Å². The van der Waals surface area contributed by atoms with Crippen LogP contribution in [0.15, 0.2) is 126 Å².